The van der Waals surface area contributed by atoms with Crippen LogP contribution < -0.4 is 5.73 Å². The Labute approximate surface area is 115 Å². The zero-order valence-corrected chi connectivity index (χ0v) is 11.2. The van der Waals surface area contributed by atoms with Gasteiger partial charge in [-0.1, -0.05) is 12.1 Å². The quantitative estimate of drug-likeness (QED) is 0.928. The lowest BCUT2D eigenvalue weighted by Crippen LogP contribution is -2.43. The molecule has 1 saturated carbocycles. The maximum Gasteiger partial charge on any atom is 0.417 e. The first-order chi connectivity index (χ1) is 9.29. The van der Waals surface area contributed by atoms with Crippen LogP contribution in [-0.4, -0.2) is 30.4 Å². The minimum atomic E-state index is -4.52. The molecule has 0 bridgehead atoms. The van der Waals surface area contributed by atoms with E-state index in [4.69, 9.17) is 5.73 Å². The Balaban J connectivity index is 2.12. The van der Waals surface area contributed by atoms with Crippen LogP contribution >= 0.6 is 0 Å². The first-order valence-electron chi connectivity index (χ1n) is 6.46. The smallest absolute Gasteiger partial charge is 0.341 e. The Hall–Kier alpha value is -1.56. The fourth-order valence-corrected chi connectivity index (χ4v) is 2.53. The van der Waals surface area contributed by atoms with Crippen molar-refractivity contribution < 1.29 is 18.0 Å². The topological polar surface area (TPSA) is 46.3 Å². The highest BCUT2D eigenvalue weighted by atomic mass is 19.4. The lowest BCUT2D eigenvalue weighted by molar-refractivity contribution is -0.138. The lowest BCUT2D eigenvalue weighted by atomic mass is 9.80. The summed E-state index contributed by atoms with van der Waals surface area (Å²) in [6, 6.07) is 5.03. The largest absolute Gasteiger partial charge is 0.417 e. The zero-order valence-electron chi connectivity index (χ0n) is 11.2. The molecule has 3 nitrogen and oxygen atoms in total. The average Bonchev–Trinajstić information content (AvgIpc) is 2.35. The maximum absolute atomic E-state index is 12.9. The van der Waals surface area contributed by atoms with Crippen LogP contribution in [0.4, 0.5) is 13.2 Å². The average molecular weight is 286 g/mol. The van der Waals surface area contributed by atoms with Crippen LogP contribution in [0.2, 0.25) is 0 Å². The Morgan fingerprint density at radius 3 is 2.50 bits per heavy atom. The van der Waals surface area contributed by atoms with Crippen LogP contribution in [-0.2, 0) is 6.18 Å². The van der Waals surface area contributed by atoms with Crippen LogP contribution in [0.5, 0.6) is 0 Å². The highest BCUT2D eigenvalue weighted by Crippen LogP contribution is 2.33. The number of nitrogens with zero attached hydrogens (tertiary/aromatic N) is 1. The van der Waals surface area contributed by atoms with E-state index < -0.39 is 17.6 Å². The molecule has 0 aliphatic heterocycles. The SMILES string of the molecule is CN(CC1CC(N)C1)C(=O)c1ccccc1C(F)(F)F. The van der Waals surface area contributed by atoms with Crippen LogP contribution in [0.15, 0.2) is 24.3 Å². The summed E-state index contributed by atoms with van der Waals surface area (Å²) >= 11 is 0. The molecule has 0 saturated heterocycles. The third kappa shape index (κ3) is 3.12. The molecule has 1 aliphatic carbocycles. The van der Waals surface area contributed by atoms with Crippen molar-refractivity contribution in [2.45, 2.75) is 25.1 Å². The van der Waals surface area contributed by atoms with E-state index in [1.54, 1.807) is 0 Å². The third-order valence-corrected chi connectivity index (χ3v) is 3.61. The van der Waals surface area contributed by atoms with Gasteiger partial charge in [0, 0.05) is 19.6 Å². The minimum absolute atomic E-state index is 0.158. The Bertz CT molecular complexity index is 495. The molecule has 0 heterocycles. The van der Waals surface area contributed by atoms with E-state index in [-0.39, 0.29) is 17.5 Å². The number of rotatable bonds is 3. The normalized spacial score (nSPS) is 22.2. The molecule has 2 rings (SSSR count). The zero-order chi connectivity index (χ0) is 14.9. The van der Waals surface area contributed by atoms with E-state index in [0.717, 1.165) is 18.9 Å². The number of carbonyl (C=O) groups is 1. The minimum Gasteiger partial charge on any atom is -0.341 e. The third-order valence-electron chi connectivity index (χ3n) is 3.61. The molecule has 6 heteroatoms. The van der Waals surface area contributed by atoms with Gasteiger partial charge in [0.25, 0.3) is 5.91 Å². The summed E-state index contributed by atoms with van der Waals surface area (Å²) in [5.74, 6) is -0.310. The van der Waals surface area contributed by atoms with Gasteiger partial charge in [-0.2, -0.15) is 13.2 Å². The molecule has 1 amide bonds. The maximum atomic E-state index is 12.9. The molecule has 0 atom stereocenters. The number of hydrogen-bond donors (Lipinski definition) is 1. The van der Waals surface area contributed by atoms with Crippen molar-refractivity contribution in [1.29, 1.82) is 0 Å². The van der Waals surface area contributed by atoms with Crippen LogP contribution in [0.25, 0.3) is 0 Å². The standard InChI is InChI=1S/C14H17F3N2O/c1-19(8-9-6-10(18)7-9)13(20)11-4-2-3-5-12(11)14(15,16)17/h2-5,9-10H,6-8,18H2,1H3. The Morgan fingerprint density at radius 1 is 1.35 bits per heavy atom. The second-order valence-electron chi connectivity index (χ2n) is 5.33. The molecule has 110 valence electrons. The van der Waals surface area contributed by atoms with E-state index >= 15 is 0 Å². The summed E-state index contributed by atoms with van der Waals surface area (Å²) in [5, 5.41) is 0. The molecular weight excluding hydrogens is 269 g/mol. The van der Waals surface area contributed by atoms with Gasteiger partial charge in [-0.15, -0.1) is 0 Å². The van der Waals surface area contributed by atoms with E-state index in [1.807, 2.05) is 0 Å². The van der Waals surface area contributed by atoms with Crippen LogP contribution in [0.1, 0.15) is 28.8 Å². The predicted octanol–water partition coefficient (Wildman–Crippen LogP) is 2.51. The summed E-state index contributed by atoms with van der Waals surface area (Å²) in [6.07, 6.45) is -2.89. The van der Waals surface area contributed by atoms with Gasteiger partial charge in [0.05, 0.1) is 11.1 Å². The van der Waals surface area contributed by atoms with Crippen molar-refractivity contribution in [2.24, 2.45) is 11.7 Å². The molecule has 1 aromatic rings. The summed E-state index contributed by atoms with van der Waals surface area (Å²) in [4.78, 5) is 13.5. The van der Waals surface area contributed by atoms with E-state index in [0.29, 0.717) is 6.54 Å². The highest BCUT2D eigenvalue weighted by Gasteiger charge is 2.36. The Morgan fingerprint density at radius 2 is 1.95 bits per heavy atom. The molecule has 1 aromatic carbocycles. The van der Waals surface area contributed by atoms with Gasteiger partial charge in [-0.3, -0.25) is 4.79 Å². The number of nitrogens with two attached hydrogens (primary N) is 1. The van der Waals surface area contributed by atoms with Crippen molar-refractivity contribution in [2.75, 3.05) is 13.6 Å². The highest BCUT2D eigenvalue weighted by molar-refractivity contribution is 5.95. The second kappa shape index (κ2) is 5.44. The van der Waals surface area contributed by atoms with Gasteiger partial charge in [0.1, 0.15) is 0 Å². The first kappa shape index (κ1) is 14.8. The molecule has 0 radical (unpaired) electrons. The lowest BCUT2D eigenvalue weighted by Gasteiger charge is -2.35. The number of carbonyl (C=O) groups excluding carboxylic acids is 1. The molecular formula is C14H17F3N2O. The fourth-order valence-electron chi connectivity index (χ4n) is 2.53. The first-order valence-corrected chi connectivity index (χ1v) is 6.46. The van der Waals surface area contributed by atoms with E-state index in [2.05, 4.69) is 0 Å². The number of amides is 1. The molecule has 20 heavy (non-hydrogen) atoms. The second-order valence-corrected chi connectivity index (χ2v) is 5.33. The number of benzene rings is 1. The van der Waals surface area contributed by atoms with Crippen molar-refractivity contribution >= 4 is 5.91 Å². The van der Waals surface area contributed by atoms with Gasteiger partial charge in [0.2, 0.25) is 0 Å². The van der Waals surface area contributed by atoms with Crippen molar-refractivity contribution in [3.63, 3.8) is 0 Å². The summed E-state index contributed by atoms with van der Waals surface area (Å²) in [7, 11) is 1.53. The van der Waals surface area contributed by atoms with Crippen LogP contribution in [0.3, 0.4) is 0 Å². The number of alkyl halides is 3. The molecule has 0 aromatic heterocycles. The molecule has 2 N–H and O–H groups in total. The molecule has 1 aliphatic rings. The number of halogens is 3. The van der Waals surface area contributed by atoms with Crippen molar-refractivity contribution in [1.82, 2.24) is 4.90 Å². The predicted molar refractivity (Wildman–Crippen MR) is 69.1 cm³/mol. The van der Waals surface area contributed by atoms with Gasteiger partial charge >= 0.3 is 6.18 Å². The molecule has 0 unspecified atom stereocenters. The molecule has 0 spiro atoms. The summed E-state index contributed by atoms with van der Waals surface area (Å²) in [6.45, 7) is 0.443. The Kier molecular flexibility index (Phi) is 4.04. The van der Waals surface area contributed by atoms with Crippen LogP contribution in [0, 0.1) is 5.92 Å². The van der Waals surface area contributed by atoms with Gasteiger partial charge < -0.3 is 10.6 Å². The van der Waals surface area contributed by atoms with E-state index in [9.17, 15) is 18.0 Å². The number of hydrogen-bond acceptors (Lipinski definition) is 2. The molecule has 1 fully saturated rings. The van der Waals surface area contributed by atoms with E-state index in [1.165, 1.54) is 30.1 Å². The summed E-state index contributed by atoms with van der Waals surface area (Å²) < 4.78 is 38.6. The van der Waals surface area contributed by atoms with Crippen molar-refractivity contribution in [3.05, 3.63) is 35.4 Å². The monoisotopic (exact) mass is 286 g/mol. The van der Waals surface area contributed by atoms with Gasteiger partial charge in [0.15, 0.2) is 0 Å². The van der Waals surface area contributed by atoms with Crippen molar-refractivity contribution in [3.8, 4) is 0 Å². The summed E-state index contributed by atoms with van der Waals surface area (Å²) in [5.41, 5.74) is 4.47. The van der Waals surface area contributed by atoms with Gasteiger partial charge in [-0.05, 0) is 30.9 Å². The van der Waals surface area contributed by atoms with Gasteiger partial charge in [-0.25, -0.2) is 0 Å². The fraction of sp³-hybridized carbons (Fsp3) is 0.500.